The van der Waals surface area contributed by atoms with Crippen LogP contribution in [0, 0.1) is 13.8 Å². The highest BCUT2D eigenvalue weighted by Gasteiger charge is 2.24. The first-order valence-electron chi connectivity index (χ1n) is 9.89. The molecule has 0 aliphatic heterocycles. The minimum absolute atomic E-state index is 0.0403. The van der Waals surface area contributed by atoms with E-state index < -0.39 is 21.2 Å². The van der Waals surface area contributed by atoms with Crippen LogP contribution in [0.5, 0.6) is 5.75 Å². The molecule has 1 atom stereocenters. The summed E-state index contributed by atoms with van der Waals surface area (Å²) in [7, 11) is -2.42. The Balaban J connectivity index is 1.89. The second-order valence-electron chi connectivity index (χ2n) is 7.73. The van der Waals surface area contributed by atoms with Gasteiger partial charge in [0.2, 0.25) is 5.03 Å². The molecule has 0 fully saturated rings. The van der Waals surface area contributed by atoms with Gasteiger partial charge in [0.1, 0.15) is 22.5 Å². The van der Waals surface area contributed by atoms with Crippen LogP contribution in [-0.4, -0.2) is 23.2 Å². The zero-order chi connectivity index (χ0) is 24.1. The summed E-state index contributed by atoms with van der Waals surface area (Å²) in [6.07, 6.45) is 1.03. The zero-order valence-corrected chi connectivity index (χ0v) is 19.9. The van der Waals surface area contributed by atoms with Gasteiger partial charge in [-0.25, -0.2) is 18.5 Å². The highest BCUT2D eigenvalue weighted by molar-refractivity contribution is 7.89. The van der Waals surface area contributed by atoms with Crippen LogP contribution in [0.25, 0.3) is 22.4 Å². The van der Waals surface area contributed by atoms with Crippen LogP contribution >= 0.6 is 11.6 Å². The Labute approximate surface area is 194 Å². The number of aromatic nitrogens is 3. The smallest absolute Gasteiger partial charge is 0.259 e. The van der Waals surface area contributed by atoms with Crippen LogP contribution in [0.1, 0.15) is 29.7 Å². The molecule has 3 heterocycles. The van der Waals surface area contributed by atoms with Gasteiger partial charge in [-0.05, 0) is 56.7 Å². The lowest BCUT2D eigenvalue weighted by atomic mass is 10.0. The molecule has 3 aromatic heterocycles. The van der Waals surface area contributed by atoms with E-state index >= 15 is 0 Å². The highest BCUT2D eigenvalue weighted by atomic mass is 35.5. The van der Waals surface area contributed by atoms with Gasteiger partial charge in [-0.2, -0.15) is 5.10 Å². The van der Waals surface area contributed by atoms with Gasteiger partial charge in [0.05, 0.1) is 5.39 Å². The van der Waals surface area contributed by atoms with Crippen molar-refractivity contribution >= 4 is 32.6 Å². The molecule has 9 nitrogen and oxygen atoms in total. The number of aryl methyl sites for hydroxylation is 2. The fourth-order valence-corrected chi connectivity index (χ4v) is 4.42. The van der Waals surface area contributed by atoms with E-state index in [4.69, 9.17) is 25.9 Å². The zero-order valence-electron chi connectivity index (χ0n) is 18.3. The normalized spacial score (nSPS) is 12.8. The Bertz CT molecular complexity index is 1560. The second-order valence-corrected chi connectivity index (χ2v) is 9.60. The Hall–Kier alpha value is -3.21. The predicted molar refractivity (Wildman–Crippen MR) is 124 cm³/mol. The van der Waals surface area contributed by atoms with E-state index in [0.29, 0.717) is 33.6 Å². The maximum absolute atomic E-state index is 13.2. The van der Waals surface area contributed by atoms with Crippen molar-refractivity contribution in [2.45, 2.75) is 31.9 Å². The molecule has 0 saturated carbocycles. The number of pyridine rings is 1. The van der Waals surface area contributed by atoms with Crippen molar-refractivity contribution < 1.29 is 17.6 Å². The van der Waals surface area contributed by atoms with Crippen molar-refractivity contribution in [2.24, 2.45) is 12.2 Å². The molecule has 0 bridgehead atoms. The Morgan fingerprint density at radius 2 is 1.94 bits per heavy atom. The first-order valence-corrected chi connectivity index (χ1v) is 11.8. The lowest BCUT2D eigenvalue weighted by molar-refractivity contribution is 0.219. The summed E-state index contributed by atoms with van der Waals surface area (Å²) in [5.74, 6) is 0.284. The predicted octanol–water partition coefficient (Wildman–Crippen LogP) is 3.65. The van der Waals surface area contributed by atoms with Gasteiger partial charge < -0.3 is 9.15 Å². The number of fused-ring (bicyclic) bond motifs is 1. The third-order valence-corrected chi connectivity index (χ3v) is 6.18. The molecular weight excluding hydrogens is 468 g/mol. The summed E-state index contributed by atoms with van der Waals surface area (Å²) in [4.78, 5) is 17.0. The maximum atomic E-state index is 13.2. The largest absolute Gasteiger partial charge is 0.483 e. The fourth-order valence-electron chi connectivity index (χ4n) is 3.60. The van der Waals surface area contributed by atoms with E-state index in [2.05, 4.69) is 10.1 Å². The molecule has 0 saturated heterocycles. The molecule has 0 unspecified atom stereocenters. The number of sulfonamides is 1. The van der Waals surface area contributed by atoms with Crippen molar-refractivity contribution in [3.05, 3.63) is 68.6 Å². The lowest BCUT2D eigenvalue weighted by Gasteiger charge is -2.19. The SMILES string of the molecule is Cc1cc([C@@H](C)Oc2ccc(Cl)nc2S(N)(=O)=O)c2oc(-c3ccn(C)n3)c(C)c(=O)c2c1. The second kappa shape index (κ2) is 8.29. The Morgan fingerprint density at radius 3 is 2.58 bits per heavy atom. The molecule has 4 rings (SSSR count). The van der Waals surface area contributed by atoms with E-state index in [9.17, 15) is 13.2 Å². The van der Waals surface area contributed by atoms with Crippen LogP contribution in [0.15, 0.2) is 50.8 Å². The monoisotopic (exact) mass is 488 g/mol. The topological polar surface area (TPSA) is 130 Å². The van der Waals surface area contributed by atoms with Crippen molar-refractivity contribution in [3.8, 4) is 17.2 Å². The Kier molecular flexibility index (Phi) is 5.77. The van der Waals surface area contributed by atoms with Gasteiger partial charge in [-0.1, -0.05) is 11.6 Å². The molecule has 0 aliphatic carbocycles. The Morgan fingerprint density at radius 1 is 1.21 bits per heavy atom. The van der Waals surface area contributed by atoms with Gasteiger partial charge in [0.15, 0.2) is 16.9 Å². The quantitative estimate of drug-likeness (QED) is 0.424. The number of benzene rings is 1. The third-order valence-electron chi connectivity index (χ3n) is 5.14. The van der Waals surface area contributed by atoms with Crippen LogP contribution in [0.4, 0.5) is 0 Å². The summed E-state index contributed by atoms with van der Waals surface area (Å²) in [6, 6.07) is 8.08. The van der Waals surface area contributed by atoms with E-state index in [1.807, 2.05) is 13.0 Å². The first kappa shape index (κ1) is 23.0. The van der Waals surface area contributed by atoms with Crippen LogP contribution in [0.2, 0.25) is 5.15 Å². The van der Waals surface area contributed by atoms with Crippen molar-refractivity contribution in [2.75, 3.05) is 0 Å². The molecule has 4 aromatic rings. The molecule has 0 radical (unpaired) electrons. The lowest BCUT2D eigenvalue weighted by Crippen LogP contribution is -2.17. The van der Waals surface area contributed by atoms with E-state index in [-0.39, 0.29) is 16.3 Å². The van der Waals surface area contributed by atoms with Crippen molar-refractivity contribution in [1.82, 2.24) is 14.8 Å². The molecule has 0 amide bonds. The first-order chi connectivity index (χ1) is 15.5. The minimum Gasteiger partial charge on any atom is -0.483 e. The van der Waals surface area contributed by atoms with Crippen LogP contribution in [0.3, 0.4) is 0 Å². The average molecular weight is 489 g/mol. The number of rotatable bonds is 5. The molecule has 172 valence electrons. The van der Waals surface area contributed by atoms with Gasteiger partial charge >= 0.3 is 0 Å². The standard InChI is InChI=1S/C22H21ClN4O5S/c1-11-9-14(13(3)31-17-5-6-18(23)25-22(17)33(24,29)30)21-15(10-11)19(28)12(2)20(32-21)16-7-8-27(4)26-16/h5-10,13H,1-4H3,(H2,24,29,30)/t13-/m1/s1. The van der Waals surface area contributed by atoms with Gasteiger partial charge in [-0.15, -0.1) is 0 Å². The number of hydrogen-bond acceptors (Lipinski definition) is 7. The maximum Gasteiger partial charge on any atom is 0.259 e. The van der Waals surface area contributed by atoms with E-state index in [1.54, 1.807) is 43.9 Å². The molecular formula is C22H21ClN4O5S. The average Bonchev–Trinajstić information content (AvgIpc) is 3.17. The molecule has 1 aromatic carbocycles. The number of halogens is 1. The summed E-state index contributed by atoms with van der Waals surface area (Å²) in [5, 5.41) is 9.49. The third kappa shape index (κ3) is 4.37. The van der Waals surface area contributed by atoms with Gasteiger partial charge in [0.25, 0.3) is 10.0 Å². The van der Waals surface area contributed by atoms with E-state index in [1.165, 1.54) is 12.1 Å². The van der Waals surface area contributed by atoms with Gasteiger partial charge in [0, 0.05) is 24.4 Å². The fraction of sp³-hybridized carbons (Fsp3) is 0.227. The number of nitrogens with zero attached hydrogens (tertiary/aromatic N) is 3. The molecule has 0 aliphatic rings. The highest BCUT2D eigenvalue weighted by Crippen LogP contribution is 2.33. The number of ether oxygens (including phenoxy) is 1. The van der Waals surface area contributed by atoms with Crippen molar-refractivity contribution in [1.29, 1.82) is 0 Å². The van der Waals surface area contributed by atoms with E-state index in [0.717, 1.165) is 5.56 Å². The molecule has 2 N–H and O–H groups in total. The van der Waals surface area contributed by atoms with Crippen molar-refractivity contribution in [3.63, 3.8) is 0 Å². The van der Waals surface area contributed by atoms with Crippen LogP contribution in [-0.2, 0) is 17.1 Å². The number of primary sulfonamides is 1. The minimum atomic E-state index is -4.19. The van der Waals surface area contributed by atoms with Crippen LogP contribution < -0.4 is 15.3 Å². The summed E-state index contributed by atoms with van der Waals surface area (Å²) >= 11 is 5.84. The summed E-state index contributed by atoms with van der Waals surface area (Å²) < 4.78 is 37.7. The molecule has 11 heteroatoms. The number of hydrogen-bond donors (Lipinski definition) is 1. The molecule has 33 heavy (non-hydrogen) atoms. The summed E-state index contributed by atoms with van der Waals surface area (Å²) in [6.45, 7) is 5.24. The molecule has 0 spiro atoms. The van der Waals surface area contributed by atoms with Gasteiger partial charge in [-0.3, -0.25) is 9.48 Å². The number of nitrogens with two attached hydrogens (primary N) is 1. The summed E-state index contributed by atoms with van der Waals surface area (Å²) in [5.41, 5.74) is 2.45.